The highest BCUT2D eigenvalue weighted by atomic mass is 19.1. The van der Waals surface area contributed by atoms with E-state index in [4.69, 9.17) is 10.5 Å². The SMILES string of the molecule is CC/C=C\C(C(=O)NCc1ccc(Oc2cccc(F)c2)cc1)=C(/C)N. The fourth-order valence-electron chi connectivity index (χ4n) is 2.24. The Morgan fingerprint density at radius 1 is 1.19 bits per heavy atom. The number of carbonyl (C=O) groups is 1. The molecule has 0 unspecified atom stereocenters. The number of hydrogen-bond acceptors (Lipinski definition) is 3. The van der Waals surface area contributed by atoms with Crippen LogP contribution in [0.3, 0.4) is 0 Å². The number of hydrogen-bond donors (Lipinski definition) is 2. The van der Waals surface area contributed by atoms with Gasteiger partial charge in [0.05, 0.1) is 5.57 Å². The molecule has 0 saturated carbocycles. The molecule has 0 saturated heterocycles. The maximum Gasteiger partial charge on any atom is 0.253 e. The van der Waals surface area contributed by atoms with E-state index in [1.54, 1.807) is 37.3 Å². The van der Waals surface area contributed by atoms with Gasteiger partial charge in [-0.25, -0.2) is 4.39 Å². The number of amides is 1. The van der Waals surface area contributed by atoms with Crippen molar-refractivity contribution in [1.82, 2.24) is 5.32 Å². The van der Waals surface area contributed by atoms with Crippen LogP contribution in [0.15, 0.2) is 72.0 Å². The van der Waals surface area contributed by atoms with Gasteiger partial charge in [0.1, 0.15) is 17.3 Å². The molecule has 1 amide bonds. The van der Waals surface area contributed by atoms with Crippen molar-refractivity contribution in [3.05, 3.63) is 83.3 Å². The molecule has 2 aromatic carbocycles. The average Bonchev–Trinajstić information content (AvgIpc) is 2.61. The van der Waals surface area contributed by atoms with Crippen molar-refractivity contribution in [3.8, 4) is 11.5 Å². The summed E-state index contributed by atoms with van der Waals surface area (Å²) in [6.07, 6.45) is 4.46. The molecular formula is C21H23FN2O2. The highest BCUT2D eigenvalue weighted by Crippen LogP contribution is 2.22. The first-order chi connectivity index (χ1) is 12.5. The third kappa shape index (κ3) is 5.77. The highest BCUT2D eigenvalue weighted by molar-refractivity contribution is 5.96. The molecule has 0 aliphatic carbocycles. The lowest BCUT2D eigenvalue weighted by molar-refractivity contribution is -0.117. The normalized spacial score (nSPS) is 12.0. The molecule has 5 heteroatoms. The molecule has 0 bridgehead atoms. The minimum atomic E-state index is -0.349. The average molecular weight is 354 g/mol. The van der Waals surface area contributed by atoms with E-state index in [-0.39, 0.29) is 11.7 Å². The standard InChI is InChI=1S/C21H23FN2O2/c1-3-4-8-20(15(2)23)21(25)24-14-16-9-11-18(12-10-16)26-19-7-5-6-17(22)13-19/h4-13H,3,14,23H2,1-2H3,(H,24,25)/b8-4-,20-15-. The van der Waals surface area contributed by atoms with E-state index >= 15 is 0 Å². The summed E-state index contributed by atoms with van der Waals surface area (Å²) in [6.45, 7) is 4.06. The first kappa shape index (κ1) is 19.2. The minimum Gasteiger partial charge on any atom is -0.457 e. The summed E-state index contributed by atoms with van der Waals surface area (Å²) >= 11 is 0. The lowest BCUT2D eigenvalue weighted by Gasteiger charge is -2.09. The monoisotopic (exact) mass is 354 g/mol. The lowest BCUT2D eigenvalue weighted by Crippen LogP contribution is -2.25. The second-order valence-electron chi connectivity index (χ2n) is 5.79. The zero-order valence-corrected chi connectivity index (χ0v) is 15.0. The van der Waals surface area contributed by atoms with Gasteiger partial charge < -0.3 is 15.8 Å². The van der Waals surface area contributed by atoms with Gasteiger partial charge in [-0.2, -0.15) is 0 Å². The summed E-state index contributed by atoms with van der Waals surface area (Å²) in [5, 5.41) is 2.85. The molecule has 0 spiro atoms. The van der Waals surface area contributed by atoms with Crippen LogP contribution in [0.5, 0.6) is 11.5 Å². The van der Waals surface area contributed by atoms with Gasteiger partial charge in [0, 0.05) is 18.3 Å². The molecular weight excluding hydrogens is 331 g/mol. The molecule has 2 aromatic rings. The zero-order valence-electron chi connectivity index (χ0n) is 15.0. The van der Waals surface area contributed by atoms with Crippen molar-refractivity contribution in [1.29, 1.82) is 0 Å². The summed E-state index contributed by atoms with van der Waals surface area (Å²) in [5.74, 6) is 0.463. The Morgan fingerprint density at radius 2 is 1.92 bits per heavy atom. The topological polar surface area (TPSA) is 64.3 Å². The Hall–Kier alpha value is -3.08. The number of carbonyl (C=O) groups excluding carboxylic acids is 1. The van der Waals surface area contributed by atoms with Crippen molar-refractivity contribution >= 4 is 5.91 Å². The van der Waals surface area contributed by atoms with Gasteiger partial charge in [0.25, 0.3) is 5.91 Å². The summed E-state index contributed by atoms with van der Waals surface area (Å²) in [5.41, 5.74) is 7.64. The minimum absolute atomic E-state index is 0.213. The van der Waals surface area contributed by atoms with Crippen molar-refractivity contribution in [3.63, 3.8) is 0 Å². The van der Waals surface area contributed by atoms with E-state index in [0.29, 0.717) is 29.3 Å². The first-order valence-electron chi connectivity index (χ1n) is 8.43. The fraction of sp³-hybridized carbons (Fsp3) is 0.190. The molecule has 0 aliphatic rings. The number of allylic oxidation sites excluding steroid dienone is 2. The maximum atomic E-state index is 13.2. The molecule has 4 nitrogen and oxygen atoms in total. The zero-order chi connectivity index (χ0) is 18.9. The van der Waals surface area contributed by atoms with Crippen molar-refractivity contribution in [2.24, 2.45) is 5.73 Å². The molecule has 2 rings (SSSR count). The van der Waals surface area contributed by atoms with E-state index in [9.17, 15) is 9.18 Å². The van der Waals surface area contributed by atoms with E-state index in [2.05, 4.69) is 5.32 Å². The van der Waals surface area contributed by atoms with Crippen LogP contribution < -0.4 is 15.8 Å². The fourth-order valence-corrected chi connectivity index (χ4v) is 2.24. The smallest absolute Gasteiger partial charge is 0.253 e. The van der Waals surface area contributed by atoms with E-state index in [1.807, 2.05) is 25.1 Å². The molecule has 0 fully saturated rings. The molecule has 0 atom stereocenters. The largest absolute Gasteiger partial charge is 0.457 e. The van der Waals surface area contributed by atoms with Gasteiger partial charge in [-0.15, -0.1) is 0 Å². The Morgan fingerprint density at radius 3 is 2.54 bits per heavy atom. The van der Waals surface area contributed by atoms with Crippen LogP contribution >= 0.6 is 0 Å². The van der Waals surface area contributed by atoms with Gasteiger partial charge >= 0.3 is 0 Å². The van der Waals surface area contributed by atoms with Crippen molar-refractivity contribution < 1.29 is 13.9 Å². The first-order valence-corrected chi connectivity index (χ1v) is 8.43. The van der Waals surface area contributed by atoms with Gasteiger partial charge in [0.2, 0.25) is 0 Å². The Bertz CT molecular complexity index is 807. The molecule has 26 heavy (non-hydrogen) atoms. The van der Waals surface area contributed by atoms with E-state index < -0.39 is 0 Å². The molecule has 0 aliphatic heterocycles. The second-order valence-corrected chi connectivity index (χ2v) is 5.79. The van der Waals surface area contributed by atoms with Crippen molar-refractivity contribution in [2.45, 2.75) is 26.8 Å². The molecule has 0 aromatic heterocycles. The summed E-state index contributed by atoms with van der Waals surface area (Å²) in [7, 11) is 0. The van der Waals surface area contributed by atoms with E-state index in [0.717, 1.165) is 12.0 Å². The van der Waals surface area contributed by atoms with Crippen LogP contribution in [-0.4, -0.2) is 5.91 Å². The summed E-state index contributed by atoms with van der Waals surface area (Å²) in [4.78, 5) is 12.2. The third-order valence-corrected chi connectivity index (χ3v) is 3.60. The van der Waals surface area contributed by atoms with E-state index in [1.165, 1.54) is 12.1 Å². The second kappa shape index (κ2) is 9.42. The van der Waals surface area contributed by atoms with Gasteiger partial charge in [0.15, 0.2) is 0 Å². The Labute approximate surface area is 153 Å². The number of benzene rings is 2. The third-order valence-electron chi connectivity index (χ3n) is 3.60. The quantitative estimate of drug-likeness (QED) is 0.571. The van der Waals surface area contributed by atoms with Crippen LogP contribution in [0.4, 0.5) is 4.39 Å². The number of nitrogens with one attached hydrogen (secondary N) is 1. The number of ether oxygens (including phenoxy) is 1. The predicted molar refractivity (Wildman–Crippen MR) is 101 cm³/mol. The maximum absolute atomic E-state index is 13.2. The van der Waals surface area contributed by atoms with Crippen molar-refractivity contribution in [2.75, 3.05) is 0 Å². The number of rotatable bonds is 7. The lowest BCUT2D eigenvalue weighted by atomic mass is 10.1. The summed E-state index contributed by atoms with van der Waals surface area (Å²) < 4.78 is 18.8. The highest BCUT2D eigenvalue weighted by Gasteiger charge is 2.08. The Kier molecular flexibility index (Phi) is 6.97. The Balaban J connectivity index is 1.95. The van der Waals surface area contributed by atoms with Crippen LogP contribution in [0, 0.1) is 5.82 Å². The van der Waals surface area contributed by atoms with Gasteiger partial charge in [-0.05, 0) is 43.2 Å². The number of halogens is 1. The molecule has 0 radical (unpaired) electrons. The van der Waals surface area contributed by atoms with Gasteiger partial charge in [-0.1, -0.05) is 37.3 Å². The predicted octanol–water partition coefficient (Wildman–Crippen LogP) is 4.43. The molecule has 0 heterocycles. The van der Waals surface area contributed by atoms with Crippen LogP contribution in [0.1, 0.15) is 25.8 Å². The molecule has 3 N–H and O–H groups in total. The van der Waals surface area contributed by atoms with Gasteiger partial charge in [-0.3, -0.25) is 4.79 Å². The van der Waals surface area contributed by atoms with Crippen LogP contribution in [-0.2, 0) is 11.3 Å². The van der Waals surface area contributed by atoms with Crippen LogP contribution in [0.2, 0.25) is 0 Å². The number of nitrogens with two attached hydrogens (primary N) is 1. The molecule has 136 valence electrons. The van der Waals surface area contributed by atoms with Crippen LogP contribution in [0.25, 0.3) is 0 Å². The summed E-state index contributed by atoms with van der Waals surface area (Å²) in [6, 6.07) is 13.2.